The van der Waals surface area contributed by atoms with E-state index in [9.17, 15) is 9.90 Å². The van der Waals surface area contributed by atoms with Gasteiger partial charge in [-0.25, -0.2) is 9.78 Å². The maximum atomic E-state index is 11.4. The second kappa shape index (κ2) is 7.64. The van der Waals surface area contributed by atoms with Crippen LogP contribution in [0.15, 0.2) is 67.0 Å². The third-order valence-electron chi connectivity index (χ3n) is 4.97. The number of aromatic nitrogens is 2. The summed E-state index contributed by atoms with van der Waals surface area (Å²) in [5, 5.41) is 9.34. The molecule has 1 heterocycles. The van der Waals surface area contributed by atoms with Gasteiger partial charge in [0.25, 0.3) is 0 Å². The van der Waals surface area contributed by atoms with Crippen LogP contribution < -0.4 is 4.74 Å². The van der Waals surface area contributed by atoms with Gasteiger partial charge >= 0.3 is 5.97 Å². The lowest BCUT2D eigenvalue weighted by Crippen LogP contribution is -2.03. The van der Waals surface area contributed by atoms with Crippen molar-refractivity contribution in [2.75, 3.05) is 7.11 Å². The lowest BCUT2D eigenvalue weighted by molar-refractivity contribution is 0.0693. The average molecular weight is 384 g/mol. The van der Waals surface area contributed by atoms with Crippen LogP contribution in [0, 0.1) is 6.92 Å². The topological polar surface area (TPSA) is 64.3 Å². The Hall–Kier alpha value is -3.86. The van der Waals surface area contributed by atoms with Crippen LogP contribution in [-0.2, 0) is 0 Å². The second-order valence-electron chi connectivity index (χ2n) is 6.66. The number of benzene rings is 3. The van der Waals surface area contributed by atoms with Gasteiger partial charge < -0.3 is 9.84 Å². The Morgan fingerprint density at radius 1 is 1.00 bits per heavy atom. The van der Waals surface area contributed by atoms with E-state index in [0.717, 1.165) is 33.4 Å². The average Bonchev–Trinajstić information content (AvgIpc) is 3.16. The van der Waals surface area contributed by atoms with Crippen LogP contribution >= 0.6 is 0 Å². The Balaban J connectivity index is 1.77. The van der Waals surface area contributed by atoms with Crippen molar-refractivity contribution in [1.29, 1.82) is 0 Å². The van der Waals surface area contributed by atoms with E-state index in [4.69, 9.17) is 4.74 Å². The van der Waals surface area contributed by atoms with Crippen molar-refractivity contribution in [3.63, 3.8) is 0 Å². The number of rotatable bonds is 5. The van der Waals surface area contributed by atoms with E-state index in [1.165, 1.54) is 7.11 Å². The zero-order valence-electron chi connectivity index (χ0n) is 16.2. The summed E-state index contributed by atoms with van der Waals surface area (Å²) in [6.45, 7) is 1.86. The molecule has 4 aromatic rings. The molecule has 0 amide bonds. The van der Waals surface area contributed by atoms with E-state index in [-0.39, 0.29) is 5.56 Å². The first-order valence-electron chi connectivity index (χ1n) is 9.20. The number of carboxylic acids is 1. The smallest absolute Gasteiger partial charge is 0.339 e. The minimum atomic E-state index is -1.00. The van der Waals surface area contributed by atoms with Crippen LogP contribution in [0.1, 0.15) is 27.0 Å². The van der Waals surface area contributed by atoms with Gasteiger partial charge in [0.2, 0.25) is 0 Å². The molecule has 0 aliphatic rings. The number of para-hydroxylation sites is 3. The fourth-order valence-electron chi connectivity index (χ4n) is 3.50. The van der Waals surface area contributed by atoms with Gasteiger partial charge in [-0.15, -0.1) is 0 Å². The number of methoxy groups -OCH3 is 1. The van der Waals surface area contributed by atoms with Crippen molar-refractivity contribution < 1.29 is 14.6 Å². The predicted octanol–water partition coefficient (Wildman–Crippen LogP) is 5.21. The number of carboxylic acid groups (broad SMARTS) is 1. The predicted molar refractivity (Wildman–Crippen MR) is 115 cm³/mol. The summed E-state index contributed by atoms with van der Waals surface area (Å²) in [7, 11) is 1.49. The van der Waals surface area contributed by atoms with Crippen molar-refractivity contribution in [1.82, 2.24) is 9.55 Å². The van der Waals surface area contributed by atoms with Crippen molar-refractivity contribution >= 4 is 29.2 Å². The van der Waals surface area contributed by atoms with Gasteiger partial charge in [0, 0.05) is 0 Å². The van der Waals surface area contributed by atoms with Gasteiger partial charge in [0.15, 0.2) is 0 Å². The second-order valence-corrected chi connectivity index (χ2v) is 6.66. The Morgan fingerprint density at radius 2 is 1.72 bits per heavy atom. The van der Waals surface area contributed by atoms with Crippen molar-refractivity contribution in [3.8, 4) is 11.4 Å². The molecule has 5 heteroatoms. The highest BCUT2D eigenvalue weighted by molar-refractivity contribution is 5.92. The summed E-state index contributed by atoms with van der Waals surface area (Å²) in [5.41, 5.74) is 5.87. The van der Waals surface area contributed by atoms with Crippen LogP contribution in [-0.4, -0.2) is 27.7 Å². The first kappa shape index (κ1) is 18.5. The summed E-state index contributed by atoms with van der Waals surface area (Å²) in [6, 6.07) is 19.5. The van der Waals surface area contributed by atoms with Crippen molar-refractivity contribution in [2.24, 2.45) is 0 Å². The van der Waals surface area contributed by atoms with E-state index < -0.39 is 5.97 Å². The van der Waals surface area contributed by atoms with Crippen molar-refractivity contribution in [2.45, 2.75) is 6.92 Å². The fourth-order valence-corrected chi connectivity index (χ4v) is 3.50. The minimum Gasteiger partial charge on any atom is -0.496 e. The highest BCUT2D eigenvalue weighted by Crippen LogP contribution is 2.29. The molecule has 0 fully saturated rings. The normalized spacial score (nSPS) is 11.2. The summed E-state index contributed by atoms with van der Waals surface area (Å²) >= 11 is 0. The summed E-state index contributed by atoms with van der Waals surface area (Å²) in [6.07, 6.45) is 5.82. The van der Waals surface area contributed by atoms with E-state index in [0.29, 0.717) is 5.75 Å². The Labute approximate surface area is 168 Å². The molecule has 0 saturated carbocycles. The third kappa shape index (κ3) is 3.38. The molecule has 0 bridgehead atoms. The number of imidazole rings is 1. The Kier molecular flexibility index (Phi) is 4.87. The van der Waals surface area contributed by atoms with E-state index in [2.05, 4.69) is 15.6 Å². The minimum absolute atomic E-state index is 0.160. The zero-order chi connectivity index (χ0) is 20.4. The number of ether oxygens (including phenoxy) is 1. The number of hydrogen-bond acceptors (Lipinski definition) is 3. The zero-order valence-corrected chi connectivity index (χ0v) is 16.2. The molecule has 0 radical (unpaired) electrons. The first-order chi connectivity index (χ1) is 14.1. The highest BCUT2D eigenvalue weighted by Gasteiger charge is 2.15. The lowest BCUT2D eigenvalue weighted by atomic mass is 10.0. The van der Waals surface area contributed by atoms with E-state index in [1.54, 1.807) is 12.1 Å². The highest BCUT2D eigenvalue weighted by atomic mass is 16.5. The van der Waals surface area contributed by atoms with Crippen LogP contribution in [0.3, 0.4) is 0 Å². The summed E-state index contributed by atoms with van der Waals surface area (Å²) in [4.78, 5) is 15.9. The Morgan fingerprint density at radius 3 is 2.52 bits per heavy atom. The number of carbonyl (C=O) groups is 1. The summed E-state index contributed by atoms with van der Waals surface area (Å²) in [5.74, 6) is -0.619. The molecule has 0 spiro atoms. The fraction of sp³-hybridized carbons (Fsp3) is 0.0833. The van der Waals surface area contributed by atoms with Gasteiger partial charge in [0.05, 0.1) is 23.8 Å². The molecule has 1 aromatic heterocycles. The Bertz CT molecular complexity index is 1240. The van der Waals surface area contributed by atoms with E-state index in [1.807, 2.05) is 67.9 Å². The molecule has 144 valence electrons. The third-order valence-corrected chi connectivity index (χ3v) is 4.97. The molecular weight excluding hydrogens is 364 g/mol. The molecule has 0 unspecified atom stereocenters. The number of nitrogens with zero attached hydrogens (tertiary/aromatic N) is 2. The standard InChI is InChI=1S/C24H20N2O3/c1-16-17(13-14-19(24(27)28)23(16)29-2)11-12-18-7-3-5-9-21(18)26-15-25-20-8-4-6-10-22(20)26/h3-15H,1-2H3,(H,27,28)/b12-11+. The van der Waals surface area contributed by atoms with Gasteiger partial charge in [-0.1, -0.05) is 48.6 Å². The first-order valence-corrected chi connectivity index (χ1v) is 9.20. The molecule has 0 aliphatic carbocycles. The van der Waals surface area contributed by atoms with Crippen LogP contribution in [0.2, 0.25) is 0 Å². The number of fused-ring (bicyclic) bond motifs is 1. The molecule has 1 N–H and O–H groups in total. The molecule has 5 nitrogen and oxygen atoms in total. The SMILES string of the molecule is COc1c(C(=O)O)ccc(/C=C/c2ccccc2-n2cnc3ccccc32)c1C. The lowest BCUT2D eigenvalue weighted by Gasteiger charge is -2.11. The van der Waals surface area contributed by atoms with Gasteiger partial charge in [-0.05, 0) is 47.9 Å². The molecule has 0 atom stereocenters. The van der Waals surface area contributed by atoms with Crippen molar-refractivity contribution in [3.05, 3.63) is 89.2 Å². The molecule has 0 aliphatic heterocycles. The van der Waals surface area contributed by atoms with Crippen LogP contribution in [0.25, 0.3) is 28.9 Å². The maximum Gasteiger partial charge on any atom is 0.339 e. The molecule has 29 heavy (non-hydrogen) atoms. The molecule has 3 aromatic carbocycles. The van der Waals surface area contributed by atoms with Crippen LogP contribution in [0.5, 0.6) is 5.75 Å². The quantitative estimate of drug-likeness (QED) is 0.480. The van der Waals surface area contributed by atoms with Crippen LogP contribution in [0.4, 0.5) is 0 Å². The maximum absolute atomic E-state index is 11.4. The summed E-state index contributed by atoms with van der Waals surface area (Å²) < 4.78 is 7.40. The monoisotopic (exact) mass is 384 g/mol. The molecule has 4 rings (SSSR count). The number of hydrogen-bond donors (Lipinski definition) is 1. The van der Waals surface area contributed by atoms with Gasteiger partial charge in [-0.3, -0.25) is 4.57 Å². The van der Waals surface area contributed by atoms with E-state index >= 15 is 0 Å². The number of aromatic carboxylic acids is 1. The largest absolute Gasteiger partial charge is 0.496 e. The molecule has 0 saturated heterocycles. The van der Waals surface area contributed by atoms with Gasteiger partial charge in [0.1, 0.15) is 17.6 Å². The van der Waals surface area contributed by atoms with Gasteiger partial charge in [-0.2, -0.15) is 0 Å². The molecular formula is C24H20N2O3.